The van der Waals surface area contributed by atoms with E-state index in [4.69, 9.17) is 0 Å². The highest BCUT2D eigenvalue weighted by atomic mass is 79.9. The van der Waals surface area contributed by atoms with Crippen molar-refractivity contribution in [2.75, 3.05) is 16.8 Å². The topological polar surface area (TPSA) is 29.0 Å². The quantitative estimate of drug-likeness (QED) is 0.796. The van der Waals surface area contributed by atoms with Crippen LogP contribution >= 0.6 is 15.9 Å². The van der Waals surface area contributed by atoms with E-state index in [2.05, 4.69) is 43.8 Å². The Morgan fingerprint density at radius 2 is 2.22 bits per heavy atom. The van der Waals surface area contributed by atoms with Crippen LogP contribution in [0, 0.1) is 0 Å². The predicted octanol–water partition coefficient (Wildman–Crippen LogP) is 3.57. The molecule has 0 aliphatic carbocycles. The second-order valence-electron chi connectivity index (χ2n) is 4.97. The lowest BCUT2D eigenvalue weighted by molar-refractivity contribution is 0.620. The van der Waals surface area contributed by atoms with Crippen LogP contribution in [0.5, 0.6) is 0 Å². The molecule has 0 saturated carbocycles. The first-order valence-corrected chi connectivity index (χ1v) is 8.10. The zero-order chi connectivity index (χ0) is 12.8. The van der Waals surface area contributed by atoms with Gasteiger partial charge in [-0.1, -0.05) is 42.1 Å². The van der Waals surface area contributed by atoms with Gasteiger partial charge in [0, 0.05) is 29.7 Å². The molecule has 2 heterocycles. The summed E-state index contributed by atoms with van der Waals surface area (Å²) in [6.45, 7) is 3.31. The van der Waals surface area contributed by atoms with Gasteiger partial charge in [-0.2, -0.15) is 0 Å². The third-order valence-electron chi connectivity index (χ3n) is 3.56. The number of hydrogen-bond acceptors (Lipinski definition) is 3. The predicted molar refractivity (Wildman–Crippen MR) is 79.4 cm³/mol. The molecular formula is C14H22BrN3. The van der Waals surface area contributed by atoms with Gasteiger partial charge in [-0.25, -0.2) is 9.97 Å². The molecular weight excluding hydrogens is 290 g/mol. The Hall–Kier alpha value is -0.640. The van der Waals surface area contributed by atoms with E-state index < -0.39 is 0 Å². The first-order valence-electron chi connectivity index (χ1n) is 6.98. The molecule has 1 aliphatic rings. The van der Waals surface area contributed by atoms with E-state index in [1.807, 2.05) is 0 Å². The number of anilines is 1. The number of nitrogens with zero attached hydrogens (tertiary/aromatic N) is 3. The van der Waals surface area contributed by atoms with Crippen LogP contribution in [0.15, 0.2) is 12.4 Å². The van der Waals surface area contributed by atoms with Gasteiger partial charge in [-0.3, -0.25) is 0 Å². The van der Waals surface area contributed by atoms with Crippen LogP contribution in [0.1, 0.15) is 44.7 Å². The molecule has 18 heavy (non-hydrogen) atoms. The van der Waals surface area contributed by atoms with Crippen molar-refractivity contribution in [3.05, 3.63) is 18.1 Å². The van der Waals surface area contributed by atoms with Gasteiger partial charge in [0.1, 0.15) is 12.1 Å². The molecule has 2 rings (SSSR count). The summed E-state index contributed by atoms with van der Waals surface area (Å²) in [6.07, 6.45) is 9.11. The van der Waals surface area contributed by atoms with Crippen molar-refractivity contribution < 1.29 is 0 Å². The minimum atomic E-state index is 0.580. The van der Waals surface area contributed by atoms with E-state index >= 15 is 0 Å². The Labute approximate surface area is 118 Å². The maximum Gasteiger partial charge on any atom is 0.132 e. The summed E-state index contributed by atoms with van der Waals surface area (Å²) < 4.78 is 0. The summed E-state index contributed by atoms with van der Waals surface area (Å²) in [5.41, 5.74) is 1.17. The van der Waals surface area contributed by atoms with Crippen LogP contribution in [0.25, 0.3) is 0 Å². The van der Waals surface area contributed by atoms with Crippen LogP contribution < -0.4 is 4.90 Å². The monoisotopic (exact) mass is 311 g/mol. The third kappa shape index (κ3) is 3.44. The zero-order valence-electron chi connectivity index (χ0n) is 11.1. The van der Waals surface area contributed by atoms with Crippen LogP contribution in [0.2, 0.25) is 0 Å². The average Bonchev–Trinajstić information content (AvgIpc) is 2.64. The second-order valence-corrected chi connectivity index (χ2v) is 5.62. The highest BCUT2D eigenvalue weighted by Gasteiger charge is 2.21. The number of rotatable bonds is 4. The Balaban J connectivity index is 2.18. The lowest BCUT2D eigenvalue weighted by Crippen LogP contribution is -2.36. The van der Waals surface area contributed by atoms with Crippen LogP contribution in [0.4, 0.5) is 5.82 Å². The van der Waals surface area contributed by atoms with Gasteiger partial charge < -0.3 is 4.90 Å². The Morgan fingerprint density at radius 1 is 1.33 bits per heavy atom. The number of alkyl halides is 1. The molecule has 1 fully saturated rings. The van der Waals surface area contributed by atoms with Crippen molar-refractivity contribution in [1.29, 1.82) is 0 Å². The van der Waals surface area contributed by atoms with Crippen LogP contribution in [-0.4, -0.2) is 27.9 Å². The van der Waals surface area contributed by atoms with E-state index in [1.165, 1.54) is 31.4 Å². The zero-order valence-corrected chi connectivity index (χ0v) is 12.7. The van der Waals surface area contributed by atoms with Gasteiger partial charge in [0.05, 0.1) is 0 Å². The Bertz CT molecular complexity index is 370. The molecule has 4 heteroatoms. The van der Waals surface area contributed by atoms with E-state index in [0.29, 0.717) is 6.04 Å². The van der Waals surface area contributed by atoms with Gasteiger partial charge in [0.25, 0.3) is 0 Å². The molecule has 1 unspecified atom stereocenters. The van der Waals surface area contributed by atoms with Crippen molar-refractivity contribution in [3.63, 3.8) is 0 Å². The second kappa shape index (κ2) is 7.07. The first-order chi connectivity index (χ1) is 8.85. The molecule has 0 aromatic carbocycles. The summed E-state index contributed by atoms with van der Waals surface area (Å²) >= 11 is 3.65. The standard InChI is InChI=1S/C14H22BrN3/c1-2-6-12-9-14(17-11-16-12)18-8-5-3-4-7-13(18)10-15/h9,11,13H,2-8,10H2,1H3. The van der Waals surface area contributed by atoms with Gasteiger partial charge in [0.2, 0.25) is 0 Å². The largest absolute Gasteiger partial charge is 0.353 e. The molecule has 0 radical (unpaired) electrons. The Kier molecular flexibility index (Phi) is 5.42. The lowest BCUT2D eigenvalue weighted by atomic mass is 10.1. The van der Waals surface area contributed by atoms with E-state index in [-0.39, 0.29) is 0 Å². The van der Waals surface area contributed by atoms with Crippen molar-refractivity contribution in [2.45, 2.75) is 51.5 Å². The highest BCUT2D eigenvalue weighted by molar-refractivity contribution is 9.09. The van der Waals surface area contributed by atoms with Gasteiger partial charge >= 0.3 is 0 Å². The summed E-state index contributed by atoms with van der Waals surface area (Å²) in [6, 6.07) is 2.75. The summed E-state index contributed by atoms with van der Waals surface area (Å²) in [4.78, 5) is 11.3. The molecule has 0 bridgehead atoms. The summed E-state index contributed by atoms with van der Waals surface area (Å²) in [5.74, 6) is 1.11. The Morgan fingerprint density at radius 3 is 3.00 bits per heavy atom. The van der Waals surface area contributed by atoms with Crippen LogP contribution in [0.3, 0.4) is 0 Å². The normalized spacial score (nSPS) is 20.8. The molecule has 1 aromatic heterocycles. The fourth-order valence-electron chi connectivity index (χ4n) is 2.58. The van der Waals surface area contributed by atoms with Crippen molar-refractivity contribution in [3.8, 4) is 0 Å². The smallest absolute Gasteiger partial charge is 0.132 e. The maximum absolute atomic E-state index is 4.48. The van der Waals surface area contributed by atoms with E-state index in [9.17, 15) is 0 Å². The SMILES string of the molecule is CCCc1cc(N2CCCCCC2CBr)ncn1. The number of halogens is 1. The lowest BCUT2D eigenvalue weighted by Gasteiger charge is -2.29. The van der Waals surface area contributed by atoms with Crippen molar-refractivity contribution in [1.82, 2.24) is 9.97 Å². The molecule has 1 aliphatic heterocycles. The van der Waals surface area contributed by atoms with E-state index in [1.54, 1.807) is 6.33 Å². The average molecular weight is 312 g/mol. The van der Waals surface area contributed by atoms with Crippen LogP contribution in [-0.2, 0) is 6.42 Å². The number of aryl methyl sites for hydroxylation is 1. The number of hydrogen-bond donors (Lipinski definition) is 0. The summed E-state index contributed by atoms with van der Waals surface area (Å²) in [5, 5.41) is 1.03. The van der Waals surface area contributed by atoms with Crippen molar-refractivity contribution in [2.24, 2.45) is 0 Å². The minimum Gasteiger partial charge on any atom is -0.353 e. The maximum atomic E-state index is 4.48. The molecule has 0 N–H and O–H groups in total. The molecule has 0 amide bonds. The van der Waals surface area contributed by atoms with Gasteiger partial charge in [0.15, 0.2) is 0 Å². The molecule has 0 spiro atoms. The third-order valence-corrected chi connectivity index (χ3v) is 4.31. The highest BCUT2D eigenvalue weighted by Crippen LogP contribution is 2.24. The first kappa shape index (κ1) is 13.8. The minimum absolute atomic E-state index is 0.580. The molecule has 1 aromatic rings. The fourth-order valence-corrected chi connectivity index (χ4v) is 3.25. The summed E-state index contributed by atoms with van der Waals surface area (Å²) in [7, 11) is 0. The number of aromatic nitrogens is 2. The molecule has 3 nitrogen and oxygen atoms in total. The van der Waals surface area contributed by atoms with Gasteiger partial charge in [-0.15, -0.1) is 0 Å². The molecule has 100 valence electrons. The fraction of sp³-hybridized carbons (Fsp3) is 0.714. The van der Waals surface area contributed by atoms with Gasteiger partial charge in [-0.05, 0) is 19.3 Å². The molecule has 1 saturated heterocycles. The molecule has 1 atom stereocenters. The van der Waals surface area contributed by atoms with Crippen molar-refractivity contribution >= 4 is 21.7 Å². The van der Waals surface area contributed by atoms with E-state index in [0.717, 1.165) is 30.5 Å².